The third kappa shape index (κ3) is 4.46. The maximum atomic E-state index is 9.27. The molecule has 2 heterocycles. The van der Waals surface area contributed by atoms with Crippen LogP contribution in [0.25, 0.3) is 72.8 Å². The lowest BCUT2D eigenvalue weighted by Gasteiger charge is -2.14. The normalized spacial score (nSPS) is 12.6. The van der Waals surface area contributed by atoms with E-state index >= 15 is 0 Å². The summed E-state index contributed by atoms with van der Waals surface area (Å²) in [6.07, 6.45) is 0. The number of fused-ring (bicyclic) bond motifs is 3. The van der Waals surface area contributed by atoms with Crippen LogP contribution in [0, 0.1) is 0 Å². The van der Waals surface area contributed by atoms with Crippen LogP contribution >= 0.6 is 0 Å². The van der Waals surface area contributed by atoms with Crippen LogP contribution in [-0.2, 0) is 0 Å². The topological polar surface area (TPSA) is 43.6 Å². The molecule has 0 aliphatic heterocycles. The molecule has 8 aromatic rings. The Morgan fingerprint density at radius 3 is 1.37 bits per heavy atom. The molecule has 0 radical (unpaired) electrons. The number of nitrogens with zero attached hydrogens (tertiary/aromatic N) is 4. The molecule has 202 valence electrons. The monoisotopic (exact) mass is 554 g/mol. The van der Waals surface area contributed by atoms with Crippen molar-refractivity contribution < 1.29 is 5.48 Å². The quantitative estimate of drug-likeness (QED) is 0.213. The van der Waals surface area contributed by atoms with E-state index in [0.717, 1.165) is 38.6 Å². The fraction of sp³-hybridized carbons (Fsp3) is 0. The number of hydrogen-bond acceptors (Lipinski definition) is 3. The van der Waals surface area contributed by atoms with Gasteiger partial charge in [0.25, 0.3) is 0 Å². The summed E-state index contributed by atoms with van der Waals surface area (Å²) < 4.78 is 39.1. The molecule has 0 saturated carbocycles. The van der Waals surface area contributed by atoms with Crippen LogP contribution in [0.3, 0.4) is 0 Å². The van der Waals surface area contributed by atoms with Gasteiger partial charge in [-0.25, -0.2) is 15.0 Å². The molecule has 0 bridgehead atoms. The molecule has 6 aromatic carbocycles. The van der Waals surface area contributed by atoms with Crippen molar-refractivity contribution >= 4 is 21.8 Å². The van der Waals surface area contributed by atoms with E-state index in [0.29, 0.717) is 17.2 Å². The molecule has 0 amide bonds. The van der Waals surface area contributed by atoms with Crippen LogP contribution in [-0.4, -0.2) is 19.5 Å². The molecule has 0 aliphatic carbocycles. The first-order valence-electron chi connectivity index (χ1n) is 16.1. The third-order valence-electron chi connectivity index (χ3n) is 7.54. The molecule has 0 spiro atoms. The van der Waals surface area contributed by atoms with Crippen LogP contribution in [0.4, 0.5) is 0 Å². The van der Waals surface area contributed by atoms with Gasteiger partial charge >= 0.3 is 0 Å². The Kier molecular flexibility index (Phi) is 5.11. The molecular weight excluding hydrogens is 524 g/mol. The largest absolute Gasteiger partial charge is 0.309 e. The van der Waals surface area contributed by atoms with Crippen molar-refractivity contribution in [3.8, 4) is 51.0 Å². The van der Waals surface area contributed by atoms with E-state index in [2.05, 4.69) is 28.8 Å². The molecule has 0 aliphatic rings. The highest BCUT2D eigenvalue weighted by atomic mass is 15.0. The summed E-state index contributed by atoms with van der Waals surface area (Å²) in [5.74, 6) is 0.844. The van der Waals surface area contributed by atoms with Crippen LogP contribution in [0.5, 0.6) is 0 Å². The Morgan fingerprint density at radius 2 is 0.814 bits per heavy atom. The van der Waals surface area contributed by atoms with Crippen LogP contribution in [0.2, 0.25) is 0 Å². The molecule has 2 aromatic heterocycles. The van der Waals surface area contributed by atoms with Gasteiger partial charge in [0, 0.05) is 33.0 Å². The van der Waals surface area contributed by atoms with Gasteiger partial charge in [-0.1, -0.05) is 139 Å². The van der Waals surface area contributed by atoms with Crippen molar-refractivity contribution in [3.05, 3.63) is 158 Å². The third-order valence-corrected chi connectivity index (χ3v) is 7.54. The maximum absolute atomic E-state index is 9.27. The minimum atomic E-state index is -0.220. The van der Waals surface area contributed by atoms with Gasteiger partial charge < -0.3 is 4.57 Å². The predicted molar refractivity (Wildman–Crippen MR) is 176 cm³/mol. The first-order chi connectivity index (χ1) is 23.0. The Labute approximate surface area is 255 Å². The lowest BCUT2D eigenvalue weighted by Crippen LogP contribution is -2.00. The summed E-state index contributed by atoms with van der Waals surface area (Å²) in [5, 5.41) is 2.18. The number of hydrogen-bond donors (Lipinski definition) is 0. The van der Waals surface area contributed by atoms with Gasteiger partial charge in [0.15, 0.2) is 17.5 Å². The molecule has 4 nitrogen and oxygen atoms in total. The summed E-state index contributed by atoms with van der Waals surface area (Å²) >= 11 is 0. The van der Waals surface area contributed by atoms with E-state index < -0.39 is 0 Å². The fourth-order valence-electron chi connectivity index (χ4n) is 5.54. The SMILES string of the molecule is [2H]c1c([2H])c(-c2ccccc2-n2c3ccccc3c3ccccc32)c([2H])c([2H])c1-c1nc(-c2ccccc2)nc(-c2ccccc2)n1. The zero-order chi connectivity index (χ0) is 32.1. The fourth-order valence-corrected chi connectivity index (χ4v) is 5.54. The Bertz CT molecular complexity index is 2320. The molecule has 0 N–H and O–H groups in total. The molecule has 0 atom stereocenters. The average molecular weight is 555 g/mol. The first-order valence-corrected chi connectivity index (χ1v) is 14.1. The summed E-state index contributed by atoms with van der Waals surface area (Å²) in [4.78, 5) is 14.1. The van der Waals surface area contributed by atoms with Crippen molar-refractivity contribution in [2.75, 3.05) is 0 Å². The zero-order valence-corrected chi connectivity index (χ0v) is 23.0. The smallest absolute Gasteiger partial charge is 0.164 e. The van der Waals surface area contributed by atoms with E-state index in [4.69, 9.17) is 15.0 Å². The van der Waals surface area contributed by atoms with E-state index in [1.165, 1.54) is 0 Å². The number of benzene rings is 6. The minimum absolute atomic E-state index is 0.0230. The van der Waals surface area contributed by atoms with Gasteiger partial charge in [-0.2, -0.15) is 0 Å². The van der Waals surface area contributed by atoms with E-state index in [9.17, 15) is 5.48 Å². The average Bonchev–Trinajstić information content (AvgIpc) is 3.46. The van der Waals surface area contributed by atoms with Crippen molar-refractivity contribution in [1.82, 2.24) is 19.5 Å². The molecule has 0 fully saturated rings. The van der Waals surface area contributed by atoms with Crippen LogP contribution in [0.1, 0.15) is 5.48 Å². The van der Waals surface area contributed by atoms with Gasteiger partial charge in [-0.3, -0.25) is 0 Å². The van der Waals surface area contributed by atoms with Gasteiger partial charge in [-0.15, -0.1) is 0 Å². The predicted octanol–water partition coefficient (Wildman–Crippen LogP) is 9.64. The van der Waals surface area contributed by atoms with Crippen molar-refractivity contribution in [1.29, 1.82) is 0 Å². The van der Waals surface area contributed by atoms with Gasteiger partial charge in [0.1, 0.15) is 0 Å². The van der Waals surface area contributed by atoms with Crippen LogP contribution < -0.4 is 0 Å². The molecule has 43 heavy (non-hydrogen) atoms. The molecule has 4 heteroatoms. The second kappa shape index (κ2) is 10.5. The zero-order valence-electron chi connectivity index (χ0n) is 27.0. The highest BCUT2D eigenvalue weighted by Crippen LogP contribution is 2.36. The summed E-state index contributed by atoms with van der Waals surface area (Å²) in [6.45, 7) is 0. The Hall–Kier alpha value is -5.87. The molecular formula is C39H26N4. The van der Waals surface area contributed by atoms with Crippen molar-refractivity contribution in [2.45, 2.75) is 0 Å². The highest BCUT2D eigenvalue weighted by molar-refractivity contribution is 6.09. The van der Waals surface area contributed by atoms with Gasteiger partial charge in [0.05, 0.1) is 22.2 Å². The molecule has 0 saturated heterocycles. The minimum Gasteiger partial charge on any atom is -0.309 e. The van der Waals surface area contributed by atoms with E-state index in [1.54, 1.807) is 0 Å². The standard InChI is InChI=1S/C39H26N4/c1-3-13-28(14-4-1)37-40-38(29-15-5-2-6-16-29)42-39(41-37)30-25-23-27(24-26-30)31-17-7-10-20-34(31)43-35-21-11-8-18-32(35)33-19-9-12-22-36(33)43/h1-26H/i23D,24D,25D,26D. The van der Waals surface area contributed by atoms with Gasteiger partial charge in [0.2, 0.25) is 0 Å². The van der Waals surface area contributed by atoms with Crippen molar-refractivity contribution in [2.24, 2.45) is 0 Å². The molecule has 0 unspecified atom stereocenters. The Morgan fingerprint density at radius 1 is 0.395 bits per heavy atom. The lowest BCUT2D eigenvalue weighted by atomic mass is 10.0. The first kappa shape index (κ1) is 20.9. The van der Waals surface area contributed by atoms with E-state index in [1.807, 2.05) is 109 Å². The maximum Gasteiger partial charge on any atom is 0.164 e. The van der Waals surface area contributed by atoms with Gasteiger partial charge in [-0.05, 0) is 23.8 Å². The number of rotatable bonds is 5. The summed E-state index contributed by atoms with van der Waals surface area (Å²) in [7, 11) is 0. The van der Waals surface area contributed by atoms with Crippen LogP contribution in [0.15, 0.2) is 158 Å². The number of aromatic nitrogens is 4. The lowest BCUT2D eigenvalue weighted by molar-refractivity contribution is 1.07. The summed E-state index contributed by atoms with van der Waals surface area (Å²) in [6, 6.07) is 42.0. The van der Waals surface area contributed by atoms with E-state index in [-0.39, 0.29) is 41.1 Å². The Balaban J connectivity index is 1.36. The molecule has 8 rings (SSSR count). The highest BCUT2D eigenvalue weighted by Gasteiger charge is 2.16. The number of para-hydroxylation sites is 3. The second-order valence-electron chi connectivity index (χ2n) is 10.2. The summed E-state index contributed by atoms with van der Waals surface area (Å²) in [5.41, 5.74) is 5.06. The van der Waals surface area contributed by atoms with Crippen molar-refractivity contribution in [3.63, 3.8) is 0 Å². The second-order valence-corrected chi connectivity index (χ2v) is 10.2.